The minimum absolute atomic E-state index is 0.0380. The van der Waals surface area contributed by atoms with Crippen molar-refractivity contribution in [3.63, 3.8) is 0 Å². The third kappa shape index (κ3) is 3.95. The van der Waals surface area contributed by atoms with E-state index in [4.69, 9.17) is 21.1 Å². The zero-order valence-corrected chi connectivity index (χ0v) is 12.8. The highest BCUT2D eigenvalue weighted by Crippen LogP contribution is 2.35. The molecule has 2 N–H and O–H groups in total. The third-order valence-electron chi connectivity index (χ3n) is 2.97. The topological polar surface area (TPSA) is 50.7 Å². The zero-order chi connectivity index (χ0) is 15.2. The second kappa shape index (κ2) is 7.09. The fourth-order valence-corrected chi connectivity index (χ4v) is 2.16. The van der Waals surface area contributed by atoms with Gasteiger partial charge in [0.2, 0.25) is 0 Å². The highest BCUT2D eigenvalue weighted by atomic mass is 35.5. The number of anilines is 1. The lowest BCUT2D eigenvalue weighted by atomic mass is 10.2. The van der Waals surface area contributed by atoms with Crippen LogP contribution in [0.3, 0.4) is 0 Å². The first-order chi connectivity index (χ1) is 10.1. The molecule has 0 aromatic heterocycles. The summed E-state index contributed by atoms with van der Waals surface area (Å²) in [5, 5.41) is 13.2. The number of benzene rings is 2. The van der Waals surface area contributed by atoms with Crippen molar-refractivity contribution in [2.75, 3.05) is 19.0 Å². The van der Waals surface area contributed by atoms with E-state index in [-0.39, 0.29) is 10.8 Å². The lowest BCUT2D eigenvalue weighted by Crippen LogP contribution is -2.00. The first kappa shape index (κ1) is 15.3. The van der Waals surface area contributed by atoms with Crippen molar-refractivity contribution in [1.82, 2.24) is 0 Å². The molecule has 0 saturated carbocycles. The molecule has 0 heterocycles. The molecule has 5 heteroatoms. The molecular weight excluding hydrogens is 290 g/mol. The summed E-state index contributed by atoms with van der Waals surface area (Å²) in [6.07, 6.45) is 0. The SMILES string of the molecule is CCOc1ccc(NCc2cc(Cl)c(O)c(OC)c2)cc1. The largest absolute Gasteiger partial charge is 0.503 e. The van der Waals surface area contributed by atoms with Crippen LogP contribution in [0.1, 0.15) is 12.5 Å². The summed E-state index contributed by atoms with van der Waals surface area (Å²) in [5.41, 5.74) is 1.89. The van der Waals surface area contributed by atoms with Crippen molar-refractivity contribution >= 4 is 17.3 Å². The lowest BCUT2D eigenvalue weighted by molar-refractivity contribution is 0.340. The molecule has 112 valence electrons. The molecule has 0 aliphatic rings. The number of nitrogens with one attached hydrogen (secondary N) is 1. The average molecular weight is 308 g/mol. The van der Waals surface area contributed by atoms with Gasteiger partial charge in [-0.1, -0.05) is 11.6 Å². The van der Waals surface area contributed by atoms with Crippen LogP contribution >= 0.6 is 11.6 Å². The second-order valence-electron chi connectivity index (χ2n) is 4.44. The maximum absolute atomic E-state index is 9.70. The van der Waals surface area contributed by atoms with Gasteiger partial charge in [-0.15, -0.1) is 0 Å². The Labute approximate surface area is 129 Å². The van der Waals surface area contributed by atoms with Crippen LogP contribution in [0.5, 0.6) is 17.2 Å². The van der Waals surface area contributed by atoms with E-state index in [1.54, 1.807) is 12.1 Å². The van der Waals surface area contributed by atoms with Crippen molar-refractivity contribution in [3.8, 4) is 17.2 Å². The van der Waals surface area contributed by atoms with E-state index in [0.717, 1.165) is 17.0 Å². The Morgan fingerprint density at radius 3 is 2.52 bits per heavy atom. The Kier molecular flexibility index (Phi) is 5.17. The van der Waals surface area contributed by atoms with E-state index in [0.29, 0.717) is 18.9 Å². The van der Waals surface area contributed by atoms with Crippen molar-refractivity contribution in [2.45, 2.75) is 13.5 Å². The highest BCUT2D eigenvalue weighted by Gasteiger charge is 2.08. The standard InChI is InChI=1S/C16H18ClNO3/c1-3-21-13-6-4-12(5-7-13)18-10-11-8-14(17)16(19)15(9-11)20-2/h4-9,18-19H,3,10H2,1-2H3. The third-order valence-corrected chi connectivity index (χ3v) is 3.26. The quantitative estimate of drug-likeness (QED) is 0.845. The molecule has 4 nitrogen and oxygen atoms in total. The molecule has 0 radical (unpaired) electrons. The van der Waals surface area contributed by atoms with Gasteiger partial charge >= 0.3 is 0 Å². The van der Waals surface area contributed by atoms with Gasteiger partial charge in [-0.3, -0.25) is 0 Å². The molecule has 2 aromatic rings. The van der Waals surface area contributed by atoms with Gasteiger partial charge in [0.1, 0.15) is 5.75 Å². The molecule has 0 atom stereocenters. The first-order valence-electron chi connectivity index (χ1n) is 6.66. The van der Waals surface area contributed by atoms with Gasteiger partial charge in [0.15, 0.2) is 11.5 Å². The summed E-state index contributed by atoms with van der Waals surface area (Å²) in [5.74, 6) is 1.17. The number of methoxy groups -OCH3 is 1. The normalized spacial score (nSPS) is 10.2. The van der Waals surface area contributed by atoms with Crippen molar-refractivity contribution in [1.29, 1.82) is 0 Å². The van der Waals surface area contributed by atoms with Crippen molar-refractivity contribution < 1.29 is 14.6 Å². The fourth-order valence-electron chi connectivity index (χ4n) is 1.92. The van der Waals surface area contributed by atoms with Gasteiger partial charge in [-0.05, 0) is 48.9 Å². The minimum atomic E-state index is -0.0380. The predicted octanol–water partition coefficient (Wildman–Crippen LogP) is 4.07. The van der Waals surface area contributed by atoms with Crippen molar-refractivity contribution in [2.24, 2.45) is 0 Å². The summed E-state index contributed by atoms with van der Waals surface area (Å²) in [7, 11) is 1.50. The van der Waals surface area contributed by atoms with Crippen LogP contribution in [-0.4, -0.2) is 18.8 Å². The summed E-state index contributed by atoms with van der Waals surface area (Å²) in [6.45, 7) is 3.18. The first-order valence-corrected chi connectivity index (χ1v) is 7.04. The zero-order valence-electron chi connectivity index (χ0n) is 12.0. The number of hydrogen-bond donors (Lipinski definition) is 2. The summed E-state index contributed by atoms with van der Waals surface area (Å²) in [4.78, 5) is 0. The number of ether oxygens (including phenoxy) is 2. The van der Waals surface area contributed by atoms with Crippen molar-refractivity contribution in [3.05, 3.63) is 47.0 Å². The van der Waals surface area contributed by atoms with E-state index in [1.807, 2.05) is 31.2 Å². The van der Waals surface area contributed by atoms with Crippen LogP contribution in [0.15, 0.2) is 36.4 Å². The molecule has 21 heavy (non-hydrogen) atoms. The van der Waals surface area contributed by atoms with Crippen LogP contribution in [0, 0.1) is 0 Å². The maximum Gasteiger partial charge on any atom is 0.176 e. The number of rotatable bonds is 6. The summed E-state index contributed by atoms with van der Waals surface area (Å²) in [6, 6.07) is 11.2. The van der Waals surface area contributed by atoms with Crippen LogP contribution in [-0.2, 0) is 6.54 Å². The molecule has 0 fully saturated rings. The Morgan fingerprint density at radius 2 is 1.90 bits per heavy atom. The molecule has 0 amide bonds. The molecule has 0 unspecified atom stereocenters. The lowest BCUT2D eigenvalue weighted by Gasteiger charge is -2.11. The number of phenolic OH excluding ortho intramolecular Hbond substituents is 1. The van der Waals surface area contributed by atoms with E-state index in [1.165, 1.54) is 7.11 Å². The number of phenols is 1. The minimum Gasteiger partial charge on any atom is -0.503 e. The highest BCUT2D eigenvalue weighted by molar-refractivity contribution is 6.32. The van der Waals surface area contributed by atoms with Gasteiger partial charge in [-0.25, -0.2) is 0 Å². The van der Waals surface area contributed by atoms with Gasteiger partial charge in [0.25, 0.3) is 0 Å². The second-order valence-corrected chi connectivity index (χ2v) is 4.85. The van der Waals surface area contributed by atoms with Crippen LogP contribution in [0.25, 0.3) is 0 Å². The van der Waals surface area contributed by atoms with Gasteiger partial charge < -0.3 is 19.9 Å². The van der Waals surface area contributed by atoms with E-state index in [2.05, 4.69) is 5.32 Å². The summed E-state index contributed by atoms with van der Waals surface area (Å²) >= 11 is 5.96. The molecular formula is C16H18ClNO3. The van der Waals surface area contributed by atoms with Crippen LogP contribution in [0.4, 0.5) is 5.69 Å². The number of halogens is 1. The monoisotopic (exact) mass is 307 g/mol. The van der Waals surface area contributed by atoms with E-state index >= 15 is 0 Å². The smallest absolute Gasteiger partial charge is 0.176 e. The van der Waals surface area contributed by atoms with E-state index < -0.39 is 0 Å². The predicted molar refractivity (Wildman–Crippen MR) is 84.6 cm³/mol. The molecule has 0 saturated heterocycles. The molecule has 0 aliphatic carbocycles. The van der Waals surface area contributed by atoms with Gasteiger partial charge in [-0.2, -0.15) is 0 Å². The average Bonchev–Trinajstić information content (AvgIpc) is 2.50. The number of hydrogen-bond acceptors (Lipinski definition) is 4. The number of aromatic hydroxyl groups is 1. The Bertz CT molecular complexity index is 599. The fraction of sp³-hybridized carbons (Fsp3) is 0.250. The van der Waals surface area contributed by atoms with Gasteiger partial charge in [0, 0.05) is 12.2 Å². The van der Waals surface area contributed by atoms with Gasteiger partial charge in [0.05, 0.1) is 18.7 Å². The van der Waals surface area contributed by atoms with Crippen LogP contribution < -0.4 is 14.8 Å². The molecule has 0 bridgehead atoms. The van der Waals surface area contributed by atoms with Crippen LogP contribution in [0.2, 0.25) is 5.02 Å². The Morgan fingerprint density at radius 1 is 1.19 bits per heavy atom. The Hall–Kier alpha value is -2.07. The van der Waals surface area contributed by atoms with E-state index in [9.17, 15) is 5.11 Å². The Balaban J connectivity index is 2.04. The molecule has 0 spiro atoms. The maximum atomic E-state index is 9.70. The molecule has 0 aliphatic heterocycles. The molecule has 2 aromatic carbocycles. The summed E-state index contributed by atoms with van der Waals surface area (Å²) < 4.78 is 10.5. The molecule has 2 rings (SSSR count).